The fourth-order valence-electron chi connectivity index (χ4n) is 2.42. The van der Waals surface area contributed by atoms with Crippen molar-refractivity contribution in [1.82, 2.24) is 4.90 Å². The van der Waals surface area contributed by atoms with Crippen molar-refractivity contribution in [3.05, 3.63) is 0 Å². The van der Waals surface area contributed by atoms with Gasteiger partial charge in [0, 0.05) is 19.1 Å². The molecule has 0 radical (unpaired) electrons. The van der Waals surface area contributed by atoms with E-state index in [1.807, 2.05) is 0 Å². The molecule has 2 N–H and O–H groups in total. The Balaban J connectivity index is 2.16. The Kier molecular flexibility index (Phi) is 4.20. The van der Waals surface area contributed by atoms with E-state index in [0.717, 1.165) is 11.8 Å². The molecule has 0 saturated heterocycles. The Morgan fingerprint density at radius 3 is 2.54 bits per heavy atom. The summed E-state index contributed by atoms with van der Waals surface area (Å²) in [5.41, 5.74) is 5.88. The molecule has 0 heterocycles. The van der Waals surface area contributed by atoms with Gasteiger partial charge in [-0.05, 0) is 38.1 Å². The standard InChI is InChI=1S/C11H24N2/c1-9(2)7-13(3)8-10-4-5-11(12)6-10/h9-11H,4-8,12H2,1-3H3. The first-order valence-corrected chi connectivity index (χ1v) is 5.52. The van der Waals surface area contributed by atoms with Gasteiger partial charge in [0.05, 0.1) is 0 Å². The van der Waals surface area contributed by atoms with Gasteiger partial charge in [-0.2, -0.15) is 0 Å². The summed E-state index contributed by atoms with van der Waals surface area (Å²) in [6, 6.07) is 0.484. The summed E-state index contributed by atoms with van der Waals surface area (Å²) < 4.78 is 0. The predicted molar refractivity (Wildman–Crippen MR) is 57.7 cm³/mol. The lowest BCUT2D eigenvalue weighted by molar-refractivity contribution is 0.251. The number of nitrogens with zero attached hydrogens (tertiary/aromatic N) is 1. The SMILES string of the molecule is CC(C)CN(C)CC1CCC(N)C1. The molecule has 2 nitrogen and oxygen atoms in total. The smallest absolute Gasteiger partial charge is 0.00420 e. The number of rotatable bonds is 4. The van der Waals surface area contributed by atoms with E-state index in [1.54, 1.807) is 0 Å². The maximum atomic E-state index is 5.88. The predicted octanol–water partition coefficient (Wildman–Crippen LogP) is 1.70. The third kappa shape index (κ3) is 4.10. The third-order valence-corrected chi connectivity index (χ3v) is 2.83. The van der Waals surface area contributed by atoms with Crippen molar-refractivity contribution in [3.63, 3.8) is 0 Å². The summed E-state index contributed by atoms with van der Waals surface area (Å²) in [6.07, 6.45) is 3.81. The average molecular weight is 184 g/mol. The molecule has 1 aliphatic carbocycles. The largest absolute Gasteiger partial charge is 0.328 e. The van der Waals surface area contributed by atoms with Crippen LogP contribution < -0.4 is 5.73 Å². The van der Waals surface area contributed by atoms with Crippen molar-refractivity contribution in [2.24, 2.45) is 17.6 Å². The van der Waals surface area contributed by atoms with Gasteiger partial charge in [0.25, 0.3) is 0 Å². The van der Waals surface area contributed by atoms with Gasteiger partial charge in [0.2, 0.25) is 0 Å². The first-order valence-electron chi connectivity index (χ1n) is 5.52. The Morgan fingerprint density at radius 2 is 2.08 bits per heavy atom. The van der Waals surface area contributed by atoms with E-state index in [-0.39, 0.29) is 0 Å². The van der Waals surface area contributed by atoms with E-state index in [0.29, 0.717) is 6.04 Å². The summed E-state index contributed by atoms with van der Waals surface area (Å²) in [7, 11) is 2.23. The molecule has 2 unspecified atom stereocenters. The van der Waals surface area contributed by atoms with E-state index in [9.17, 15) is 0 Å². The molecular formula is C11H24N2. The maximum Gasteiger partial charge on any atom is 0.00420 e. The summed E-state index contributed by atoms with van der Waals surface area (Å²) in [4.78, 5) is 2.45. The number of hydrogen-bond donors (Lipinski definition) is 1. The van der Waals surface area contributed by atoms with Crippen LogP contribution in [0.2, 0.25) is 0 Å². The van der Waals surface area contributed by atoms with Crippen LogP contribution in [0.1, 0.15) is 33.1 Å². The highest BCUT2D eigenvalue weighted by Crippen LogP contribution is 2.24. The molecule has 78 valence electrons. The Hall–Kier alpha value is -0.0800. The highest BCUT2D eigenvalue weighted by Gasteiger charge is 2.22. The van der Waals surface area contributed by atoms with Gasteiger partial charge in [0.15, 0.2) is 0 Å². The van der Waals surface area contributed by atoms with Crippen molar-refractivity contribution in [1.29, 1.82) is 0 Å². The monoisotopic (exact) mass is 184 g/mol. The normalized spacial score (nSPS) is 29.1. The van der Waals surface area contributed by atoms with Crippen molar-refractivity contribution in [2.75, 3.05) is 20.1 Å². The average Bonchev–Trinajstić information content (AvgIpc) is 2.33. The van der Waals surface area contributed by atoms with Gasteiger partial charge in [-0.15, -0.1) is 0 Å². The van der Waals surface area contributed by atoms with Crippen LogP contribution in [-0.4, -0.2) is 31.1 Å². The molecular weight excluding hydrogens is 160 g/mol. The Labute approximate surface area is 82.5 Å². The zero-order chi connectivity index (χ0) is 9.84. The number of hydrogen-bond acceptors (Lipinski definition) is 2. The van der Waals surface area contributed by atoms with E-state index >= 15 is 0 Å². The number of nitrogens with two attached hydrogens (primary N) is 1. The third-order valence-electron chi connectivity index (χ3n) is 2.83. The molecule has 1 fully saturated rings. The van der Waals surface area contributed by atoms with Gasteiger partial charge < -0.3 is 10.6 Å². The van der Waals surface area contributed by atoms with E-state index < -0.39 is 0 Å². The van der Waals surface area contributed by atoms with Crippen LogP contribution in [0.25, 0.3) is 0 Å². The molecule has 0 bridgehead atoms. The summed E-state index contributed by atoms with van der Waals surface area (Å²) in [5, 5.41) is 0. The molecule has 0 amide bonds. The fourth-order valence-corrected chi connectivity index (χ4v) is 2.42. The van der Waals surface area contributed by atoms with Crippen LogP contribution in [0.15, 0.2) is 0 Å². The summed E-state index contributed by atoms with van der Waals surface area (Å²) >= 11 is 0. The van der Waals surface area contributed by atoms with Gasteiger partial charge in [0.1, 0.15) is 0 Å². The molecule has 1 aliphatic rings. The van der Waals surface area contributed by atoms with Crippen molar-refractivity contribution >= 4 is 0 Å². The fraction of sp³-hybridized carbons (Fsp3) is 1.00. The second-order valence-corrected chi connectivity index (χ2v) is 5.05. The van der Waals surface area contributed by atoms with Crippen LogP contribution in [0.5, 0.6) is 0 Å². The van der Waals surface area contributed by atoms with Gasteiger partial charge in [-0.3, -0.25) is 0 Å². The topological polar surface area (TPSA) is 29.3 Å². The van der Waals surface area contributed by atoms with Crippen LogP contribution in [-0.2, 0) is 0 Å². The molecule has 0 aromatic rings. The first-order chi connectivity index (χ1) is 6.08. The Morgan fingerprint density at radius 1 is 1.38 bits per heavy atom. The molecule has 1 saturated carbocycles. The second kappa shape index (κ2) is 4.97. The quantitative estimate of drug-likeness (QED) is 0.720. The van der Waals surface area contributed by atoms with Crippen molar-refractivity contribution in [3.8, 4) is 0 Å². The van der Waals surface area contributed by atoms with E-state index in [1.165, 1.54) is 32.4 Å². The minimum atomic E-state index is 0.484. The zero-order valence-corrected chi connectivity index (χ0v) is 9.29. The van der Waals surface area contributed by atoms with Crippen LogP contribution >= 0.6 is 0 Å². The molecule has 2 atom stereocenters. The lowest BCUT2D eigenvalue weighted by Crippen LogP contribution is -2.28. The maximum absolute atomic E-state index is 5.88. The highest BCUT2D eigenvalue weighted by molar-refractivity contribution is 4.79. The molecule has 0 aromatic carbocycles. The molecule has 13 heavy (non-hydrogen) atoms. The molecule has 1 rings (SSSR count). The van der Waals surface area contributed by atoms with E-state index in [2.05, 4.69) is 25.8 Å². The second-order valence-electron chi connectivity index (χ2n) is 5.05. The summed E-state index contributed by atoms with van der Waals surface area (Å²) in [5.74, 6) is 1.64. The zero-order valence-electron chi connectivity index (χ0n) is 9.29. The first kappa shape index (κ1) is 11.0. The molecule has 0 spiro atoms. The van der Waals surface area contributed by atoms with Crippen LogP contribution in [0.4, 0.5) is 0 Å². The molecule has 0 aliphatic heterocycles. The lowest BCUT2D eigenvalue weighted by Gasteiger charge is -2.22. The molecule has 2 heteroatoms. The minimum Gasteiger partial charge on any atom is -0.328 e. The Bertz CT molecular complexity index is 145. The van der Waals surface area contributed by atoms with Gasteiger partial charge in [-0.1, -0.05) is 13.8 Å². The van der Waals surface area contributed by atoms with Gasteiger partial charge in [-0.25, -0.2) is 0 Å². The highest BCUT2D eigenvalue weighted by atomic mass is 15.1. The van der Waals surface area contributed by atoms with Crippen LogP contribution in [0, 0.1) is 11.8 Å². The van der Waals surface area contributed by atoms with Crippen molar-refractivity contribution in [2.45, 2.75) is 39.2 Å². The lowest BCUT2D eigenvalue weighted by atomic mass is 10.1. The minimum absolute atomic E-state index is 0.484. The van der Waals surface area contributed by atoms with Crippen molar-refractivity contribution < 1.29 is 0 Å². The molecule has 0 aromatic heterocycles. The van der Waals surface area contributed by atoms with Crippen LogP contribution in [0.3, 0.4) is 0 Å². The van der Waals surface area contributed by atoms with E-state index in [4.69, 9.17) is 5.73 Å². The van der Waals surface area contributed by atoms with Gasteiger partial charge >= 0.3 is 0 Å². The summed E-state index contributed by atoms with van der Waals surface area (Å²) in [6.45, 7) is 7.01.